The number of carbonyl (C=O) groups is 2. The Bertz CT molecular complexity index is 1050. The average Bonchev–Trinajstić information content (AvgIpc) is 2.73. The van der Waals surface area contributed by atoms with Crippen molar-refractivity contribution >= 4 is 27.5 Å². The molecule has 0 fully saturated rings. The summed E-state index contributed by atoms with van der Waals surface area (Å²) in [5, 5.41) is 2.79. The van der Waals surface area contributed by atoms with E-state index in [0.29, 0.717) is 18.7 Å². The van der Waals surface area contributed by atoms with Gasteiger partial charge < -0.3 is 10.2 Å². The van der Waals surface area contributed by atoms with Crippen molar-refractivity contribution in [2.45, 2.75) is 46.7 Å². The summed E-state index contributed by atoms with van der Waals surface area (Å²) in [6.07, 6.45) is 1.49. The molecule has 8 heteroatoms. The average molecular weight is 460 g/mol. The van der Waals surface area contributed by atoms with Crippen LogP contribution >= 0.6 is 0 Å². The minimum atomic E-state index is -3.73. The molecule has 0 spiro atoms. The first-order valence-electron chi connectivity index (χ1n) is 10.7. The molecular weight excluding hydrogens is 426 g/mol. The van der Waals surface area contributed by atoms with Crippen molar-refractivity contribution in [1.82, 2.24) is 10.2 Å². The molecule has 0 aliphatic heterocycles. The molecule has 2 amide bonds. The highest BCUT2D eigenvalue weighted by molar-refractivity contribution is 7.92. The van der Waals surface area contributed by atoms with Crippen molar-refractivity contribution in [3.05, 3.63) is 65.2 Å². The van der Waals surface area contributed by atoms with Crippen LogP contribution in [0.25, 0.3) is 0 Å². The van der Waals surface area contributed by atoms with Crippen LogP contribution in [0.3, 0.4) is 0 Å². The molecule has 0 unspecified atom stereocenters. The lowest BCUT2D eigenvalue weighted by atomic mass is 10.1. The van der Waals surface area contributed by atoms with Crippen molar-refractivity contribution in [3.8, 4) is 0 Å². The molecule has 0 heterocycles. The Kier molecular flexibility index (Phi) is 8.83. The van der Waals surface area contributed by atoms with Crippen molar-refractivity contribution in [2.75, 3.05) is 23.7 Å². The minimum Gasteiger partial charge on any atom is -0.355 e. The minimum absolute atomic E-state index is 0.215. The second-order valence-electron chi connectivity index (χ2n) is 7.82. The normalized spacial score (nSPS) is 12.2. The summed E-state index contributed by atoms with van der Waals surface area (Å²) in [5.74, 6) is -0.682. The molecule has 2 aromatic rings. The van der Waals surface area contributed by atoms with Crippen molar-refractivity contribution < 1.29 is 18.0 Å². The van der Waals surface area contributed by atoms with Crippen LogP contribution in [0.4, 0.5) is 5.69 Å². The number of carbonyl (C=O) groups excluding carboxylic acids is 2. The number of likely N-dealkylation sites (N-methyl/N-ethyl adjacent to an activating group) is 1. The van der Waals surface area contributed by atoms with Crippen LogP contribution in [0.15, 0.2) is 48.5 Å². The van der Waals surface area contributed by atoms with E-state index in [4.69, 9.17) is 0 Å². The second-order valence-corrected chi connectivity index (χ2v) is 9.73. The molecule has 2 rings (SSSR count). The Morgan fingerprint density at radius 3 is 2.09 bits per heavy atom. The van der Waals surface area contributed by atoms with Crippen LogP contribution in [0, 0.1) is 13.8 Å². The van der Waals surface area contributed by atoms with Crippen LogP contribution in [0.5, 0.6) is 0 Å². The number of rotatable bonds is 10. The zero-order valence-electron chi connectivity index (χ0n) is 19.5. The maximum atomic E-state index is 13.5. The van der Waals surface area contributed by atoms with Crippen LogP contribution in [0.1, 0.15) is 37.0 Å². The number of amides is 2. The van der Waals surface area contributed by atoms with Gasteiger partial charge in [0.25, 0.3) is 0 Å². The van der Waals surface area contributed by atoms with Gasteiger partial charge in [0.15, 0.2) is 0 Å². The number of hydrogen-bond donors (Lipinski definition) is 1. The van der Waals surface area contributed by atoms with Crippen molar-refractivity contribution in [2.24, 2.45) is 0 Å². The first-order valence-corrected chi connectivity index (χ1v) is 12.6. The van der Waals surface area contributed by atoms with Crippen LogP contribution in [0.2, 0.25) is 0 Å². The molecular formula is C24H33N3O4S. The summed E-state index contributed by atoms with van der Waals surface area (Å²) in [6, 6.07) is 14.0. The number of nitrogens with one attached hydrogen (secondary N) is 1. The predicted molar refractivity (Wildman–Crippen MR) is 128 cm³/mol. The zero-order chi connectivity index (χ0) is 23.9. The predicted octanol–water partition coefficient (Wildman–Crippen LogP) is 3.01. The number of aryl methyl sites for hydroxylation is 2. The highest BCUT2D eigenvalue weighted by atomic mass is 32.2. The molecule has 32 heavy (non-hydrogen) atoms. The highest BCUT2D eigenvalue weighted by Gasteiger charge is 2.32. The molecule has 0 saturated carbocycles. The second kappa shape index (κ2) is 11.1. The van der Waals surface area contributed by atoms with E-state index in [9.17, 15) is 18.0 Å². The number of hydrogen-bond acceptors (Lipinski definition) is 4. The van der Waals surface area contributed by atoms with Gasteiger partial charge in [0.05, 0.1) is 11.9 Å². The van der Waals surface area contributed by atoms with E-state index in [-0.39, 0.29) is 19.0 Å². The SMILES string of the molecule is CCNC(=O)[C@@H](CC)N(Cc1ccccc1C)C(=O)CN(c1ccccc1C)S(C)(=O)=O. The molecule has 0 radical (unpaired) electrons. The van der Waals surface area contributed by atoms with Gasteiger partial charge in [-0.15, -0.1) is 0 Å². The van der Waals surface area contributed by atoms with Gasteiger partial charge in [0.1, 0.15) is 12.6 Å². The summed E-state index contributed by atoms with van der Waals surface area (Å²) in [5.41, 5.74) is 3.09. The standard InChI is InChI=1S/C24H33N3O4S/c1-6-21(24(29)25-7-2)26(16-20-14-10-8-12-18(20)3)23(28)17-27(32(5,30)31)22-15-11-9-13-19(22)4/h8-15,21H,6-7,16-17H2,1-5H3,(H,25,29)/t21-/m1/s1. The molecule has 7 nitrogen and oxygen atoms in total. The summed E-state index contributed by atoms with van der Waals surface area (Å²) in [4.78, 5) is 27.8. The van der Waals surface area contributed by atoms with E-state index < -0.39 is 22.0 Å². The molecule has 0 aliphatic carbocycles. The Morgan fingerprint density at radius 2 is 1.56 bits per heavy atom. The van der Waals surface area contributed by atoms with Gasteiger partial charge in [0.2, 0.25) is 21.8 Å². The first kappa shape index (κ1) is 25.4. The van der Waals surface area contributed by atoms with Gasteiger partial charge in [-0.3, -0.25) is 13.9 Å². The lowest BCUT2D eigenvalue weighted by Gasteiger charge is -2.33. The Labute approximate surface area is 191 Å². The van der Waals surface area contributed by atoms with E-state index in [2.05, 4.69) is 5.32 Å². The van der Waals surface area contributed by atoms with Gasteiger partial charge in [-0.25, -0.2) is 8.42 Å². The number of anilines is 1. The van der Waals surface area contributed by atoms with Gasteiger partial charge in [-0.05, 0) is 49.9 Å². The fourth-order valence-corrected chi connectivity index (χ4v) is 4.53. The van der Waals surface area contributed by atoms with Crippen LogP contribution in [-0.2, 0) is 26.2 Å². The largest absolute Gasteiger partial charge is 0.355 e. The topological polar surface area (TPSA) is 86.8 Å². The molecule has 1 atom stereocenters. The molecule has 0 bridgehead atoms. The van der Waals surface area contributed by atoms with Gasteiger partial charge in [-0.2, -0.15) is 0 Å². The van der Waals surface area contributed by atoms with Crippen LogP contribution in [-0.4, -0.2) is 50.5 Å². The fourth-order valence-electron chi connectivity index (χ4n) is 3.62. The maximum Gasteiger partial charge on any atom is 0.244 e. The third kappa shape index (κ3) is 6.32. The quantitative estimate of drug-likeness (QED) is 0.592. The zero-order valence-corrected chi connectivity index (χ0v) is 20.3. The van der Waals surface area contributed by atoms with Crippen molar-refractivity contribution in [1.29, 1.82) is 0 Å². The fraction of sp³-hybridized carbons (Fsp3) is 0.417. The van der Waals surface area contributed by atoms with Gasteiger partial charge >= 0.3 is 0 Å². The van der Waals surface area contributed by atoms with Gasteiger partial charge in [0, 0.05) is 13.1 Å². The van der Waals surface area contributed by atoms with E-state index in [1.807, 2.05) is 51.1 Å². The summed E-state index contributed by atoms with van der Waals surface area (Å²) < 4.78 is 26.3. The van der Waals surface area contributed by atoms with Crippen molar-refractivity contribution in [3.63, 3.8) is 0 Å². The summed E-state index contributed by atoms with van der Waals surface area (Å²) >= 11 is 0. The van der Waals surface area contributed by atoms with E-state index in [1.165, 1.54) is 4.90 Å². The van der Waals surface area contributed by atoms with E-state index in [1.54, 1.807) is 25.1 Å². The van der Waals surface area contributed by atoms with E-state index >= 15 is 0 Å². The molecule has 0 aromatic heterocycles. The Morgan fingerprint density at radius 1 is 0.969 bits per heavy atom. The van der Waals surface area contributed by atoms with Crippen LogP contribution < -0.4 is 9.62 Å². The molecule has 0 saturated heterocycles. The highest BCUT2D eigenvalue weighted by Crippen LogP contribution is 2.23. The number of sulfonamides is 1. The lowest BCUT2D eigenvalue weighted by Crippen LogP contribution is -2.52. The smallest absolute Gasteiger partial charge is 0.244 e. The molecule has 1 N–H and O–H groups in total. The monoisotopic (exact) mass is 459 g/mol. The molecule has 174 valence electrons. The van der Waals surface area contributed by atoms with Gasteiger partial charge in [-0.1, -0.05) is 49.4 Å². The third-order valence-electron chi connectivity index (χ3n) is 5.40. The molecule has 0 aliphatic rings. The number of nitrogens with zero attached hydrogens (tertiary/aromatic N) is 2. The summed E-state index contributed by atoms with van der Waals surface area (Å²) in [7, 11) is -3.73. The molecule has 2 aromatic carbocycles. The Hall–Kier alpha value is -2.87. The number of benzene rings is 2. The van der Waals surface area contributed by atoms with E-state index in [0.717, 1.165) is 27.3 Å². The first-order chi connectivity index (χ1) is 15.1. The lowest BCUT2D eigenvalue weighted by molar-refractivity contribution is -0.140. The summed E-state index contributed by atoms with van der Waals surface area (Å²) in [6.45, 7) is 7.68. The Balaban J connectivity index is 2.46. The number of para-hydroxylation sites is 1. The maximum absolute atomic E-state index is 13.5. The third-order valence-corrected chi connectivity index (χ3v) is 6.53.